The SMILES string of the molecule is CCc1cc[c-]o1.[Li+]. The second-order valence-electron chi connectivity index (χ2n) is 1.37. The zero-order chi connectivity index (χ0) is 5.11. The maximum atomic E-state index is 4.86. The van der Waals surface area contributed by atoms with Gasteiger partial charge in [0.15, 0.2) is 0 Å². The Balaban J connectivity index is 0.000000490. The molecule has 0 aromatic carbocycles. The maximum Gasteiger partial charge on any atom is 1.00 e. The van der Waals surface area contributed by atoms with Gasteiger partial charge in [-0.15, -0.1) is 6.07 Å². The van der Waals surface area contributed by atoms with Crippen LogP contribution < -0.4 is 18.9 Å². The zero-order valence-electron chi connectivity index (χ0n) is 5.27. The summed E-state index contributed by atoms with van der Waals surface area (Å²) in [7, 11) is 0. The van der Waals surface area contributed by atoms with E-state index in [1.54, 1.807) is 6.07 Å². The summed E-state index contributed by atoms with van der Waals surface area (Å²) in [4.78, 5) is 0. The first kappa shape index (κ1) is 7.88. The van der Waals surface area contributed by atoms with E-state index in [4.69, 9.17) is 4.42 Å². The Morgan fingerprint density at radius 2 is 2.50 bits per heavy atom. The van der Waals surface area contributed by atoms with Crippen molar-refractivity contribution in [3.63, 3.8) is 0 Å². The minimum absolute atomic E-state index is 0. The minimum atomic E-state index is 0. The Hall–Kier alpha value is -0.123. The van der Waals surface area contributed by atoms with Crippen LogP contribution in [-0.4, -0.2) is 0 Å². The summed E-state index contributed by atoms with van der Waals surface area (Å²) in [6, 6.07) is 3.69. The van der Waals surface area contributed by atoms with Crippen LogP contribution >= 0.6 is 0 Å². The Morgan fingerprint density at radius 1 is 1.75 bits per heavy atom. The molecule has 0 bridgehead atoms. The molecule has 0 atom stereocenters. The summed E-state index contributed by atoms with van der Waals surface area (Å²) in [6.45, 7) is 2.05. The van der Waals surface area contributed by atoms with Crippen LogP contribution in [0.1, 0.15) is 12.7 Å². The van der Waals surface area contributed by atoms with Gasteiger partial charge >= 0.3 is 18.9 Å². The fraction of sp³-hybridized carbons (Fsp3) is 0.333. The Morgan fingerprint density at radius 3 is 2.75 bits per heavy atom. The predicted octanol–water partition coefficient (Wildman–Crippen LogP) is -1.35. The number of hydrogen-bond acceptors (Lipinski definition) is 1. The van der Waals surface area contributed by atoms with Crippen LogP contribution in [0.15, 0.2) is 16.5 Å². The standard InChI is InChI=1S/C6H7O.Li/c1-2-6-4-3-5-7-6;/h3-4H,2H2,1H3;/q-1;+1. The minimum Gasteiger partial charge on any atom is -0.596 e. The largest absolute Gasteiger partial charge is 1.00 e. The van der Waals surface area contributed by atoms with Gasteiger partial charge in [0.05, 0.1) is 0 Å². The number of hydrogen-bond donors (Lipinski definition) is 0. The molecule has 0 fully saturated rings. The summed E-state index contributed by atoms with van der Waals surface area (Å²) < 4.78 is 4.86. The van der Waals surface area contributed by atoms with Crippen molar-refractivity contribution in [2.75, 3.05) is 0 Å². The summed E-state index contributed by atoms with van der Waals surface area (Å²) >= 11 is 0. The van der Waals surface area contributed by atoms with Gasteiger partial charge in [-0.1, -0.05) is 19.1 Å². The Labute approximate surface area is 61.3 Å². The quantitative estimate of drug-likeness (QED) is 0.315. The number of rotatable bonds is 1. The molecule has 0 unspecified atom stereocenters. The molecule has 1 rings (SSSR count). The molecule has 0 aliphatic heterocycles. The van der Waals surface area contributed by atoms with Crippen LogP contribution in [0.25, 0.3) is 0 Å². The van der Waals surface area contributed by atoms with E-state index in [-0.39, 0.29) is 18.9 Å². The van der Waals surface area contributed by atoms with Crippen molar-refractivity contribution in [3.05, 3.63) is 24.2 Å². The molecule has 0 saturated carbocycles. The molecule has 0 spiro atoms. The first-order chi connectivity index (χ1) is 3.43. The fourth-order valence-corrected chi connectivity index (χ4v) is 0.461. The van der Waals surface area contributed by atoms with Crippen LogP contribution in [0.4, 0.5) is 0 Å². The molecule has 2 heteroatoms. The van der Waals surface area contributed by atoms with E-state index in [1.165, 1.54) is 0 Å². The van der Waals surface area contributed by atoms with Crippen molar-refractivity contribution in [1.29, 1.82) is 0 Å². The van der Waals surface area contributed by atoms with E-state index in [0.29, 0.717) is 0 Å². The van der Waals surface area contributed by atoms with Crippen molar-refractivity contribution in [2.45, 2.75) is 13.3 Å². The van der Waals surface area contributed by atoms with Gasteiger partial charge in [-0.25, -0.2) is 0 Å². The van der Waals surface area contributed by atoms with Gasteiger partial charge in [0, 0.05) is 0 Å². The van der Waals surface area contributed by atoms with E-state index in [1.807, 2.05) is 13.0 Å². The van der Waals surface area contributed by atoms with Crippen LogP contribution in [0.3, 0.4) is 0 Å². The number of furan rings is 1. The summed E-state index contributed by atoms with van der Waals surface area (Å²) in [5.74, 6) is 1.00. The molecule has 8 heavy (non-hydrogen) atoms. The Bertz CT molecular complexity index is 123. The van der Waals surface area contributed by atoms with Crippen LogP contribution in [-0.2, 0) is 6.42 Å². The van der Waals surface area contributed by atoms with Crippen molar-refractivity contribution < 1.29 is 23.3 Å². The Kier molecular flexibility index (Phi) is 3.77. The molecule has 1 aromatic heterocycles. The third-order valence-electron chi connectivity index (χ3n) is 0.876. The van der Waals surface area contributed by atoms with Gasteiger partial charge in [0.1, 0.15) is 0 Å². The second-order valence-corrected chi connectivity index (χ2v) is 1.37. The monoisotopic (exact) mass is 102 g/mol. The van der Waals surface area contributed by atoms with Gasteiger partial charge in [-0.3, -0.25) is 0 Å². The summed E-state index contributed by atoms with van der Waals surface area (Å²) in [6.07, 6.45) is 3.57. The molecule has 0 N–H and O–H groups in total. The molecule has 0 aliphatic rings. The molecule has 38 valence electrons. The van der Waals surface area contributed by atoms with Crippen molar-refractivity contribution >= 4 is 0 Å². The fourth-order valence-electron chi connectivity index (χ4n) is 0.461. The molecule has 0 amide bonds. The normalized spacial score (nSPS) is 8.12. The zero-order valence-corrected chi connectivity index (χ0v) is 5.27. The predicted molar refractivity (Wildman–Crippen MR) is 26.9 cm³/mol. The van der Waals surface area contributed by atoms with Gasteiger partial charge in [0.2, 0.25) is 0 Å². The molecule has 1 aromatic rings. The van der Waals surface area contributed by atoms with E-state index in [9.17, 15) is 0 Å². The average molecular weight is 102 g/mol. The van der Waals surface area contributed by atoms with Crippen LogP contribution in [0.5, 0.6) is 0 Å². The van der Waals surface area contributed by atoms with Crippen LogP contribution in [0.2, 0.25) is 0 Å². The smallest absolute Gasteiger partial charge is 0.596 e. The summed E-state index contributed by atoms with van der Waals surface area (Å²) in [5.41, 5.74) is 0. The first-order valence-corrected chi connectivity index (χ1v) is 2.38. The topological polar surface area (TPSA) is 13.1 Å². The maximum absolute atomic E-state index is 4.86. The van der Waals surface area contributed by atoms with Crippen molar-refractivity contribution in [1.82, 2.24) is 0 Å². The van der Waals surface area contributed by atoms with E-state index in [2.05, 4.69) is 6.26 Å². The van der Waals surface area contributed by atoms with Gasteiger partial charge < -0.3 is 4.42 Å². The summed E-state index contributed by atoms with van der Waals surface area (Å²) in [5, 5.41) is 0. The van der Waals surface area contributed by atoms with Gasteiger partial charge in [0.25, 0.3) is 0 Å². The molecule has 1 heterocycles. The van der Waals surface area contributed by atoms with E-state index in [0.717, 1.165) is 12.2 Å². The molecular formula is C6H7LiO. The van der Waals surface area contributed by atoms with Crippen molar-refractivity contribution in [2.24, 2.45) is 0 Å². The molecule has 0 aliphatic carbocycles. The van der Waals surface area contributed by atoms with E-state index < -0.39 is 0 Å². The van der Waals surface area contributed by atoms with Crippen molar-refractivity contribution in [3.8, 4) is 0 Å². The molecule has 0 radical (unpaired) electrons. The van der Waals surface area contributed by atoms with Crippen LogP contribution in [0, 0.1) is 6.26 Å². The van der Waals surface area contributed by atoms with E-state index >= 15 is 0 Å². The first-order valence-electron chi connectivity index (χ1n) is 2.38. The third kappa shape index (κ3) is 1.77. The van der Waals surface area contributed by atoms with Gasteiger partial charge in [-0.2, -0.15) is 6.07 Å². The average Bonchev–Trinajstić information content (AvgIpc) is 2.14. The molecule has 1 nitrogen and oxygen atoms in total. The number of aryl methyl sites for hydroxylation is 1. The third-order valence-corrected chi connectivity index (χ3v) is 0.876. The molecular weight excluding hydrogens is 95.0 g/mol. The van der Waals surface area contributed by atoms with Gasteiger partial charge in [-0.05, 0) is 6.26 Å². The molecule has 0 saturated heterocycles. The second kappa shape index (κ2) is 3.83.